The van der Waals surface area contributed by atoms with Gasteiger partial charge in [-0.1, -0.05) is 24.3 Å². The van der Waals surface area contributed by atoms with Crippen molar-refractivity contribution in [3.8, 4) is 5.75 Å². The summed E-state index contributed by atoms with van der Waals surface area (Å²) in [6.07, 6.45) is 0. The summed E-state index contributed by atoms with van der Waals surface area (Å²) in [5, 5.41) is 10.9. The Morgan fingerprint density at radius 2 is 1.87 bits per heavy atom. The van der Waals surface area contributed by atoms with E-state index in [1.807, 2.05) is 0 Å². The zero-order valence-corrected chi connectivity index (χ0v) is 12.4. The molecule has 6 nitrogen and oxygen atoms in total. The van der Waals surface area contributed by atoms with E-state index < -0.39 is 4.92 Å². The molecular weight excluding hydrogens is 303 g/mol. The largest absolute Gasteiger partial charge is 0.477 e. The van der Waals surface area contributed by atoms with Crippen molar-refractivity contribution < 1.29 is 18.8 Å². The Hall–Kier alpha value is -2.96. The maximum absolute atomic E-state index is 12.8. The Morgan fingerprint density at radius 3 is 2.52 bits per heavy atom. The molecule has 0 saturated carbocycles. The number of nitro benzene ring substituents is 1. The van der Waals surface area contributed by atoms with E-state index in [9.17, 15) is 19.3 Å². The molecule has 0 N–H and O–H groups in total. The molecule has 0 unspecified atom stereocenters. The molecule has 0 bridgehead atoms. The van der Waals surface area contributed by atoms with Crippen LogP contribution in [-0.2, 0) is 11.3 Å². The highest BCUT2D eigenvalue weighted by atomic mass is 19.1. The summed E-state index contributed by atoms with van der Waals surface area (Å²) in [6.45, 7) is -0.0259. The highest BCUT2D eigenvalue weighted by Crippen LogP contribution is 2.25. The van der Waals surface area contributed by atoms with Crippen LogP contribution in [0.4, 0.5) is 10.1 Å². The van der Waals surface area contributed by atoms with Gasteiger partial charge in [0.15, 0.2) is 12.4 Å². The summed E-state index contributed by atoms with van der Waals surface area (Å²) >= 11 is 0. The monoisotopic (exact) mass is 318 g/mol. The van der Waals surface area contributed by atoms with Gasteiger partial charge in [-0.05, 0) is 23.8 Å². The summed E-state index contributed by atoms with van der Waals surface area (Å²) in [4.78, 5) is 23.7. The van der Waals surface area contributed by atoms with E-state index in [0.717, 1.165) is 5.56 Å². The van der Waals surface area contributed by atoms with E-state index in [1.165, 1.54) is 35.2 Å². The smallest absolute Gasteiger partial charge is 0.310 e. The van der Waals surface area contributed by atoms with Gasteiger partial charge in [0.2, 0.25) is 0 Å². The highest BCUT2D eigenvalue weighted by Gasteiger charge is 2.16. The summed E-state index contributed by atoms with van der Waals surface area (Å²) < 4.78 is 18.1. The van der Waals surface area contributed by atoms with Crippen molar-refractivity contribution in [2.24, 2.45) is 0 Å². The zero-order valence-electron chi connectivity index (χ0n) is 12.4. The summed E-state index contributed by atoms with van der Waals surface area (Å²) in [7, 11) is 1.58. The molecule has 0 atom stereocenters. The molecule has 0 fully saturated rings. The van der Waals surface area contributed by atoms with Gasteiger partial charge in [0, 0.05) is 19.7 Å². The molecule has 0 radical (unpaired) electrons. The van der Waals surface area contributed by atoms with E-state index in [4.69, 9.17) is 4.74 Å². The van der Waals surface area contributed by atoms with Crippen molar-refractivity contribution in [1.29, 1.82) is 0 Å². The molecule has 23 heavy (non-hydrogen) atoms. The fourth-order valence-electron chi connectivity index (χ4n) is 1.93. The zero-order chi connectivity index (χ0) is 16.8. The van der Waals surface area contributed by atoms with E-state index in [0.29, 0.717) is 6.54 Å². The number of nitro groups is 1. The standard InChI is InChI=1S/C16H15FN2O4/c1-18(10-12-6-8-13(17)9-7-12)16(20)11-23-15-5-3-2-4-14(15)19(21)22/h2-9H,10-11H2,1H3. The summed E-state index contributed by atoms with van der Waals surface area (Å²) in [5.41, 5.74) is 0.578. The Labute approximate surface area is 132 Å². The number of benzene rings is 2. The van der Waals surface area contributed by atoms with Crippen molar-refractivity contribution in [2.75, 3.05) is 13.7 Å². The Kier molecular flexibility index (Phi) is 5.24. The van der Waals surface area contributed by atoms with Crippen LogP contribution in [-0.4, -0.2) is 29.4 Å². The number of hydrogen-bond donors (Lipinski definition) is 0. The molecule has 2 aromatic carbocycles. The third kappa shape index (κ3) is 4.50. The van der Waals surface area contributed by atoms with Crippen LogP contribution >= 0.6 is 0 Å². The molecular formula is C16H15FN2O4. The van der Waals surface area contributed by atoms with E-state index in [1.54, 1.807) is 25.2 Å². The van der Waals surface area contributed by atoms with Crippen LogP contribution in [0.25, 0.3) is 0 Å². The number of carbonyl (C=O) groups is 1. The molecule has 0 heterocycles. The Bertz CT molecular complexity index is 703. The number of likely N-dealkylation sites (N-methyl/N-ethyl adjacent to an activating group) is 1. The maximum Gasteiger partial charge on any atom is 0.310 e. The van der Waals surface area contributed by atoms with Crippen LogP contribution in [0.3, 0.4) is 0 Å². The number of hydrogen-bond acceptors (Lipinski definition) is 4. The molecule has 2 rings (SSSR count). The van der Waals surface area contributed by atoms with Gasteiger partial charge in [-0.3, -0.25) is 14.9 Å². The molecule has 0 spiro atoms. The molecule has 1 amide bonds. The van der Waals surface area contributed by atoms with Crippen LogP contribution in [0, 0.1) is 15.9 Å². The van der Waals surface area contributed by atoms with Crippen molar-refractivity contribution in [2.45, 2.75) is 6.54 Å². The SMILES string of the molecule is CN(Cc1ccc(F)cc1)C(=O)COc1ccccc1[N+](=O)[O-]. The first-order valence-electron chi connectivity index (χ1n) is 6.82. The fraction of sp³-hybridized carbons (Fsp3) is 0.188. The van der Waals surface area contributed by atoms with Crippen molar-refractivity contribution in [3.63, 3.8) is 0 Å². The Balaban J connectivity index is 1.94. The third-order valence-electron chi connectivity index (χ3n) is 3.17. The van der Waals surface area contributed by atoms with Crippen molar-refractivity contribution in [3.05, 3.63) is 70.0 Å². The first kappa shape index (κ1) is 16.4. The lowest BCUT2D eigenvalue weighted by atomic mass is 10.2. The van der Waals surface area contributed by atoms with Crippen molar-refractivity contribution in [1.82, 2.24) is 4.90 Å². The van der Waals surface area contributed by atoms with Gasteiger partial charge in [-0.15, -0.1) is 0 Å². The van der Waals surface area contributed by atoms with E-state index in [2.05, 4.69) is 0 Å². The lowest BCUT2D eigenvalue weighted by Crippen LogP contribution is -2.31. The maximum atomic E-state index is 12.8. The fourth-order valence-corrected chi connectivity index (χ4v) is 1.93. The minimum Gasteiger partial charge on any atom is -0.477 e. The topological polar surface area (TPSA) is 72.7 Å². The summed E-state index contributed by atoms with van der Waals surface area (Å²) in [6, 6.07) is 11.7. The second kappa shape index (κ2) is 7.35. The normalized spacial score (nSPS) is 10.2. The second-order valence-corrected chi connectivity index (χ2v) is 4.89. The number of nitrogens with zero attached hydrogens (tertiary/aromatic N) is 2. The quantitative estimate of drug-likeness (QED) is 0.606. The minimum absolute atomic E-state index is 0.0426. The number of ether oxygens (including phenoxy) is 1. The van der Waals surface area contributed by atoms with E-state index >= 15 is 0 Å². The van der Waals surface area contributed by atoms with Gasteiger partial charge in [0.25, 0.3) is 5.91 Å². The number of halogens is 1. The number of rotatable bonds is 6. The Morgan fingerprint density at radius 1 is 1.22 bits per heavy atom. The van der Waals surface area contributed by atoms with Crippen molar-refractivity contribution >= 4 is 11.6 Å². The minimum atomic E-state index is -0.567. The molecule has 0 saturated heterocycles. The molecule has 0 aromatic heterocycles. The predicted octanol–water partition coefficient (Wildman–Crippen LogP) is 2.77. The van der Waals surface area contributed by atoms with Gasteiger partial charge in [-0.25, -0.2) is 4.39 Å². The number of amides is 1. The van der Waals surface area contributed by atoms with Gasteiger partial charge in [0.1, 0.15) is 5.82 Å². The first-order chi connectivity index (χ1) is 11.0. The highest BCUT2D eigenvalue weighted by molar-refractivity contribution is 5.77. The molecule has 0 aliphatic rings. The lowest BCUT2D eigenvalue weighted by Gasteiger charge is -2.17. The average Bonchev–Trinajstić information content (AvgIpc) is 2.54. The second-order valence-electron chi connectivity index (χ2n) is 4.89. The molecule has 7 heteroatoms. The van der Waals surface area contributed by atoms with Crippen LogP contribution in [0.2, 0.25) is 0 Å². The van der Waals surface area contributed by atoms with Crippen LogP contribution in [0.5, 0.6) is 5.75 Å². The lowest BCUT2D eigenvalue weighted by molar-refractivity contribution is -0.385. The van der Waals surface area contributed by atoms with E-state index in [-0.39, 0.29) is 29.8 Å². The average molecular weight is 318 g/mol. The van der Waals surface area contributed by atoms with Gasteiger partial charge in [-0.2, -0.15) is 0 Å². The molecule has 120 valence electrons. The molecule has 0 aliphatic heterocycles. The molecule has 0 aliphatic carbocycles. The van der Waals surface area contributed by atoms with Crippen LogP contribution in [0.15, 0.2) is 48.5 Å². The number of para-hydroxylation sites is 2. The predicted molar refractivity (Wildman–Crippen MR) is 81.5 cm³/mol. The summed E-state index contributed by atoms with van der Waals surface area (Å²) in [5.74, 6) is -0.643. The van der Waals surface area contributed by atoms with Crippen LogP contribution in [0.1, 0.15) is 5.56 Å². The van der Waals surface area contributed by atoms with Gasteiger partial charge in [0.05, 0.1) is 4.92 Å². The first-order valence-corrected chi connectivity index (χ1v) is 6.82. The number of carbonyl (C=O) groups excluding carboxylic acids is 1. The van der Waals surface area contributed by atoms with Gasteiger partial charge >= 0.3 is 5.69 Å². The third-order valence-corrected chi connectivity index (χ3v) is 3.17. The molecule has 2 aromatic rings. The van der Waals surface area contributed by atoms with Gasteiger partial charge < -0.3 is 9.64 Å². The van der Waals surface area contributed by atoms with Crippen LogP contribution < -0.4 is 4.74 Å².